The second kappa shape index (κ2) is 13.0. The summed E-state index contributed by atoms with van der Waals surface area (Å²) in [5.74, 6) is -1.38. The minimum absolute atomic E-state index is 0.267. The minimum atomic E-state index is -0.420. The number of carbonyl (C=O) groups excluding carboxylic acids is 2. The normalized spacial score (nSPS) is 14.2. The fourth-order valence-electron chi connectivity index (χ4n) is 4.65. The van der Waals surface area contributed by atoms with Crippen molar-refractivity contribution in [3.8, 4) is 0 Å². The van der Waals surface area contributed by atoms with Gasteiger partial charge in [0, 0.05) is 28.4 Å². The van der Waals surface area contributed by atoms with Gasteiger partial charge in [0.25, 0.3) is 11.8 Å². The first kappa shape index (κ1) is 29.0. The number of rotatable bonds is 4. The van der Waals surface area contributed by atoms with Crippen LogP contribution < -0.4 is 0 Å². The van der Waals surface area contributed by atoms with E-state index in [1.54, 1.807) is 12.1 Å². The SMILES string of the molecule is Cc1cccc(C2=NN(C(=O)c3cccc(F)c3)CC2)c1.O=C(c1cccc(F)c1)N1CCC(c2cccc(Br)c2)=N1. The molecule has 6 rings (SSSR count). The topological polar surface area (TPSA) is 65.3 Å². The molecule has 0 aromatic heterocycles. The summed E-state index contributed by atoms with van der Waals surface area (Å²) < 4.78 is 27.4. The van der Waals surface area contributed by atoms with Crippen LogP contribution >= 0.6 is 15.9 Å². The smallest absolute Gasteiger partial charge is 0.267 e. The Morgan fingerprint density at radius 3 is 1.62 bits per heavy atom. The Labute approximate surface area is 251 Å². The van der Waals surface area contributed by atoms with Gasteiger partial charge in [-0.05, 0) is 66.6 Å². The molecule has 4 aromatic carbocycles. The quantitative estimate of drug-likeness (QED) is 0.239. The average molecular weight is 630 g/mol. The van der Waals surface area contributed by atoms with Crippen molar-refractivity contribution in [3.63, 3.8) is 0 Å². The Kier molecular flexibility index (Phi) is 8.97. The van der Waals surface area contributed by atoms with Crippen LogP contribution in [0.3, 0.4) is 0 Å². The molecule has 0 saturated carbocycles. The van der Waals surface area contributed by atoms with Crippen LogP contribution in [0.2, 0.25) is 0 Å². The number of aryl methyl sites for hydroxylation is 1. The Morgan fingerprint density at radius 2 is 1.14 bits per heavy atom. The van der Waals surface area contributed by atoms with Crippen molar-refractivity contribution in [1.29, 1.82) is 0 Å². The number of nitrogens with zero attached hydrogens (tertiary/aromatic N) is 4. The van der Waals surface area contributed by atoms with Gasteiger partial charge in [-0.1, -0.05) is 70.0 Å². The molecule has 4 aromatic rings. The fourth-order valence-corrected chi connectivity index (χ4v) is 5.05. The lowest BCUT2D eigenvalue weighted by Crippen LogP contribution is -2.23. The van der Waals surface area contributed by atoms with E-state index in [0.717, 1.165) is 32.6 Å². The highest BCUT2D eigenvalue weighted by Gasteiger charge is 2.24. The molecule has 9 heteroatoms. The molecule has 2 aliphatic rings. The first-order valence-corrected chi connectivity index (χ1v) is 14.2. The zero-order valence-electron chi connectivity index (χ0n) is 22.8. The number of hydrogen-bond donors (Lipinski definition) is 0. The third-order valence-corrected chi connectivity index (χ3v) is 7.22. The maximum atomic E-state index is 13.2. The first-order chi connectivity index (χ1) is 20.3. The summed E-state index contributed by atoms with van der Waals surface area (Å²) in [7, 11) is 0. The van der Waals surface area contributed by atoms with Crippen molar-refractivity contribution in [3.05, 3.63) is 141 Å². The first-order valence-electron chi connectivity index (χ1n) is 13.4. The highest BCUT2D eigenvalue weighted by Crippen LogP contribution is 2.20. The molecule has 0 unspecified atom stereocenters. The van der Waals surface area contributed by atoms with Crippen molar-refractivity contribution >= 4 is 39.2 Å². The van der Waals surface area contributed by atoms with E-state index in [2.05, 4.69) is 32.2 Å². The van der Waals surface area contributed by atoms with Crippen molar-refractivity contribution < 1.29 is 18.4 Å². The molecular formula is C33H27BrF2N4O2. The van der Waals surface area contributed by atoms with Crippen LogP contribution in [0.5, 0.6) is 0 Å². The molecule has 0 fully saturated rings. The van der Waals surface area contributed by atoms with Crippen LogP contribution in [-0.4, -0.2) is 46.3 Å². The molecule has 6 nitrogen and oxygen atoms in total. The van der Waals surface area contributed by atoms with Crippen molar-refractivity contribution in [2.24, 2.45) is 10.2 Å². The van der Waals surface area contributed by atoms with Gasteiger partial charge in [0.2, 0.25) is 0 Å². The van der Waals surface area contributed by atoms with Crippen LogP contribution in [0.4, 0.5) is 8.78 Å². The molecule has 0 N–H and O–H groups in total. The van der Waals surface area contributed by atoms with E-state index in [0.29, 0.717) is 37.1 Å². The summed E-state index contributed by atoms with van der Waals surface area (Å²) in [5, 5.41) is 11.5. The van der Waals surface area contributed by atoms with Gasteiger partial charge in [-0.2, -0.15) is 10.2 Å². The van der Waals surface area contributed by atoms with E-state index in [9.17, 15) is 18.4 Å². The van der Waals surface area contributed by atoms with Gasteiger partial charge in [0.1, 0.15) is 11.6 Å². The van der Waals surface area contributed by atoms with E-state index in [1.165, 1.54) is 46.4 Å². The van der Waals surface area contributed by atoms with Gasteiger partial charge in [0.15, 0.2) is 0 Å². The van der Waals surface area contributed by atoms with E-state index < -0.39 is 11.6 Å². The monoisotopic (exact) mass is 628 g/mol. The molecule has 0 spiro atoms. The second-order valence-corrected chi connectivity index (χ2v) is 10.8. The molecule has 212 valence electrons. The number of hydrogen-bond acceptors (Lipinski definition) is 4. The summed E-state index contributed by atoms with van der Waals surface area (Å²) in [4.78, 5) is 24.6. The third kappa shape index (κ3) is 7.03. The van der Waals surface area contributed by atoms with Crippen molar-refractivity contribution in [1.82, 2.24) is 10.0 Å². The Bertz CT molecular complexity index is 1580. The van der Waals surface area contributed by atoms with Gasteiger partial charge < -0.3 is 0 Å². The van der Waals surface area contributed by atoms with E-state index in [1.807, 2.05) is 49.4 Å². The summed E-state index contributed by atoms with van der Waals surface area (Å²) in [6, 6.07) is 27.2. The summed E-state index contributed by atoms with van der Waals surface area (Å²) in [5.41, 5.74) is 5.57. The zero-order chi connectivity index (χ0) is 29.6. The highest BCUT2D eigenvalue weighted by atomic mass is 79.9. The molecule has 0 atom stereocenters. The molecular weight excluding hydrogens is 602 g/mol. The number of amides is 2. The maximum absolute atomic E-state index is 13.2. The standard InChI is InChI=1S/C17H15FN2O.C16H12BrFN2O/c1-12-4-2-5-13(10-12)16-8-9-20(19-16)17(21)14-6-3-7-15(18)11-14;17-13-5-1-3-11(9-13)15-7-8-20(19-15)16(21)12-4-2-6-14(18)10-12/h2-7,10-11H,8-9H2,1H3;1-6,9-10H,7-8H2. The van der Waals surface area contributed by atoms with E-state index in [4.69, 9.17) is 0 Å². The molecule has 2 heterocycles. The molecule has 0 saturated heterocycles. The van der Waals surface area contributed by atoms with E-state index in [-0.39, 0.29) is 11.8 Å². The van der Waals surface area contributed by atoms with Crippen LogP contribution in [0, 0.1) is 18.6 Å². The fraction of sp³-hybridized carbons (Fsp3) is 0.152. The lowest BCUT2D eigenvalue weighted by Gasteiger charge is -2.11. The lowest BCUT2D eigenvalue weighted by molar-refractivity contribution is 0.0770. The third-order valence-electron chi connectivity index (χ3n) is 6.72. The number of carbonyl (C=O) groups is 2. The molecule has 0 aliphatic carbocycles. The van der Waals surface area contributed by atoms with Crippen molar-refractivity contribution in [2.45, 2.75) is 19.8 Å². The van der Waals surface area contributed by atoms with Crippen LogP contribution in [0.15, 0.2) is 112 Å². The number of hydrazone groups is 2. The largest absolute Gasteiger partial charge is 0.274 e. The zero-order valence-corrected chi connectivity index (χ0v) is 24.4. The minimum Gasteiger partial charge on any atom is -0.267 e. The van der Waals surface area contributed by atoms with E-state index >= 15 is 0 Å². The Balaban J connectivity index is 0.000000168. The summed E-state index contributed by atoms with van der Waals surface area (Å²) >= 11 is 3.42. The molecule has 42 heavy (non-hydrogen) atoms. The van der Waals surface area contributed by atoms with Gasteiger partial charge in [0.05, 0.1) is 24.5 Å². The lowest BCUT2D eigenvalue weighted by atomic mass is 10.1. The van der Waals surface area contributed by atoms with Crippen molar-refractivity contribution in [2.75, 3.05) is 13.1 Å². The van der Waals surface area contributed by atoms with Crippen LogP contribution in [0.1, 0.15) is 50.2 Å². The van der Waals surface area contributed by atoms with Gasteiger partial charge in [-0.3, -0.25) is 9.59 Å². The average Bonchev–Trinajstić information content (AvgIpc) is 3.68. The maximum Gasteiger partial charge on any atom is 0.274 e. The summed E-state index contributed by atoms with van der Waals surface area (Å²) in [6.45, 7) is 3.06. The second-order valence-electron chi connectivity index (χ2n) is 9.85. The molecule has 0 bridgehead atoms. The van der Waals surface area contributed by atoms with Crippen LogP contribution in [-0.2, 0) is 0 Å². The Morgan fingerprint density at radius 1 is 0.667 bits per heavy atom. The van der Waals surface area contributed by atoms with Crippen LogP contribution in [0.25, 0.3) is 0 Å². The Hall–Kier alpha value is -4.50. The predicted octanol–water partition coefficient (Wildman–Crippen LogP) is 7.22. The highest BCUT2D eigenvalue weighted by molar-refractivity contribution is 9.10. The van der Waals surface area contributed by atoms with Gasteiger partial charge in [-0.25, -0.2) is 18.8 Å². The predicted molar refractivity (Wildman–Crippen MR) is 163 cm³/mol. The molecule has 0 radical (unpaired) electrons. The number of benzene rings is 4. The molecule has 2 amide bonds. The molecule has 2 aliphatic heterocycles. The van der Waals surface area contributed by atoms with Gasteiger partial charge >= 0.3 is 0 Å². The number of halogens is 3. The summed E-state index contributed by atoms with van der Waals surface area (Å²) in [6.07, 6.45) is 1.40. The van der Waals surface area contributed by atoms with Gasteiger partial charge in [-0.15, -0.1) is 0 Å².